The Morgan fingerprint density at radius 3 is 2.15 bits per heavy atom. The van der Waals surface area contributed by atoms with Crippen LogP contribution in [0.5, 0.6) is 5.75 Å². The van der Waals surface area contributed by atoms with E-state index in [1.165, 1.54) is 6.07 Å². The fraction of sp³-hybridized carbons (Fsp3) is 0.444. The molecule has 1 fully saturated rings. The number of benzene rings is 2. The molecular formula is C27H30BrF6N5O6S. The van der Waals surface area contributed by atoms with Crippen LogP contribution in [0.25, 0.3) is 10.9 Å². The van der Waals surface area contributed by atoms with Gasteiger partial charge in [-0.1, -0.05) is 28.1 Å². The summed E-state index contributed by atoms with van der Waals surface area (Å²) in [5, 5.41) is 23.6. The topological polar surface area (TPSA) is 163 Å². The fourth-order valence-corrected chi connectivity index (χ4v) is 6.12. The van der Waals surface area contributed by atoms with Gasteiger partial charge in [-0.3, -0.25) is 0 Å². The monoisotopic (exact) mass is 745 g/mol. The van der Waals surface area contributed by atoms with Crippen LogP contribution < -0.4 is 20.1 Å². The minimum atomic E-state index is -5.08. The zero-order valence-corrected chi connectivity index (χ0v) is 26.2. The van der Waals surface area contributed by atoms with Gasteiger partial charge in [-0.25, -0.2) is 22.9 Å². The first-order chi connectivity index (χ1) is 21.5. The van der Waals surface area contributed by atoms with Gasteiger partial charge in [-0.05, 0) is 67.9 Å². The van der Waals surface area contributed by atoms with E-state index in [2.05, 4.69) is 46.0 Å². The highest BCUT2D eigenvalue weighted by Crippen LogP contribution is 2.33. The predicted molar refractivity (Wildman–Crippen MR) is 159 cm³/mol. The molecule has 0 unspecified atom stereocenters. The molecule has 1 aromatic heterocycles. The number of sulfonamides is 1. The average molecular weight is 747 g/mol. The third-order valence-corrected chi connectivity index (χ3v) is 8.70. The number of halogens is 7. The quantitative estimate of drug-likeness (QED) is 0.158. The van der Waals surface area contributed by atoms with Crippen molar-refractivity contribution in [1.82, 2.24) is 14.7 Å². The molecule has 2 aromatic carbocycles. The number of carboxylic acid groups (broad SMARTS) is 1. The van der Waals surface area contributed by atoms with E-state index in [1.54, 1.807) is 0 Å². The van der Waals surface area contributed by atoms with E-state index in [9.17, 15) is 34.8 Å². The third-order valence-electron chi connectivity index (χ3n) is 6.75. The zero-order chi connectivity index (χ0) is 34.1. The van der Waals surface area contributed by atoms with E-state index >= 15 is 0 Å². The lowest BCUT2D eigenvalue weighted by molar-refractivity contribution is -0.275. The standard InChI is InChI=1S/C25H29BrF3N5O4S.C2HF3O2/c26-18-9-10-22(21(13-18)38-25(27,28)29)39(36,37)32-15-17-7-5-16(6-8-17)14-31-24-33-20-4-2-1-3-19(20)23(34-24)30-11-12-35;3-2(4,5)1(6)7/h1-4,9-10,13,16-17,32,35H,5-8,11-12,14-15H2,(H2,30,31,33,34);(H,6,7). The van der Waals surface area contributed by atoms with Crippen molar-refractivity contribution in [2.24, 2.45) is 11.8 Å². The summed E-state index contributed by atoms with van der Waals surface area (Å²) >= 11 is 3.04. The lowest BCUT2D eigenvalue weighted by Crippen LogP contribution is -2.33. The normalized spacial score (nSPS) is 17.1. The number of rotatable bonds is 11. The molecule has 0 bridgehead atoms. The van der Waals surface area contributed by atoms with Crippen LogP contribution in [0.3, 0.4) is 0 Å². The first-order valence-corrected chi connectivity index (χ1v) is 16.0. The Bertz CT molecular complexity index is 1590. The maximum absolute atomic E-state index is 12.8. The van der Waals surface area contributed by atoms with Crippen molar-refractivity contribution in [3.05, 3.63) is 46.9 Å². The SMILES string of the molecule is O=C(O)C(F)(F)F.O=S(=O)(NCC1CCC(CNc2nc(NCCO)c3ccccc3n2)CC1)c1ccc(Br)cc1OC(F)(F)F. The Morgan fingerprint density at radius 2 is 1.57 bits per heavy atom. The molecule has 254 valence electrons. The Hall–Kier alpha value is -3.42. The molecule has 0 radical (unpaired) electrons. The molecular weight excluding hydrogens is 716 g/mol. The number of carboxylic acids is 1. The summed E-state index contributed by atoms with van der Waals surface area (Å²) in [6, 6.07) is 11.0. The fourth-order valence-electron chi connectivity index (χ4n) is 4.55. The minimum Gasteiger partial charge on any atom is -0.475 e. The summed E-state index contributed by atoms with van der Waals surface area (Å²) in [4.78, 5) is 17.5. The van der Waals surface area contributed by atoms with Gasteiger partial charge >= 0.3 is 18.5 Å². The Morgan fingerprint density at radius 1 is 0.957 bits per heavy atom. The number of aliphatic hydroxyl groups is 1. The Balaban J connectivity index is 0.000000738. The van der Waals surface area contributed by atoms with Crippen molar-refractivity contribution >= 4 is 54.6 Å². The van der Waals surface area contributed by atoms with Gasteiger partial charge in [0.1, 0.15) is 10.7 Å². The highest BCUT2D eigenvalue weighted by Gasteiger charge is 2.38. The van der Waals surface area contributed by atoms with Gasteiger partial charge in [0.25, 0.3) is 0 Å². The molecule has 1 aliphatic rings. The molecule has 0 spiro atoms. The number of hydrogen-bond acceptors (Lipinski definition) is 9. The van der Waals surface area contributed by atoms with E-state index in [1.807, 2.05) is 24.3 Å². The van der Waals surface area contributed by atoms with Gasteiger partial charge < -0.3 is 25.6 Å². The number of alkyl halides is 6. The van der Waals surface area contributed by atoms with Gasteiger partial charge in [-0.15, -0.1) is 13.2 Å². The second-order valence-corrected chi connectivity index (χ2v) is 12.8. The number of para-hydroxylation sites is 1. The van der Waals surface area contributed by atoms with Crippen LogP contribution in [0.4, 0.5) is 38.1 Å². The Kier molecular flexibility index (Phi) is 12.8. The molecule has 0 saturated heterocycles. The molecule has 5 N–H and O–H groups in total. The number of hydrogen-bond donors (Lipinski definition) is 5. The number of aliphatic hydroxyl groups excluding tert-OH is 1. The first kappa shape index (κ1) is 37.0. The summed E-state index contributed by atoms with van der Waals surface area (Å²) in [5.74, 6) is -2.03. The summed E-state index contributed by atoms with van der Waals surface area (Å²) < 4.78 is 102. The van der Waals surface area contributed by atoms with Crippen LogP contribution in [0, 0.1) is 11.8 Å². The van der Waals surface area contributed by atoms with E-state index in [0.717, 1.165) is 48.7 Å². The van der Waals surface area contributed by atoms with Gasteiger partial charge in [0.2, 0.25) is 16.0 Å². The molecule has 1 aliphatic carbocycles. The molecule has 0 aliphatic heterocycles. The van der Waals surface area contributed by atoms with Crippen LogP contribution in [0.15, 0.2) is 51.8 Å². The highest BCUT2D eigenvalue weighted by molar-refractivity contribution is 9.10. The van der Waals surface area contributed by atoms with Gasteiger partial charge in [0.05, 0.1) is 12.1 Å². The molecule has 1 saturated carbocycles. The molecule has 4 rings (SSSR count). The molecule has 11 nitrogen and oxygen atoms in total. The van der Waals surface area contributed by atoms with Crippen LogP contribution in [0.2, 0.25) is 0 Å². The predicted octanol–water partition coefficient (Wildman–Crippen LogP) is 5.53. The highest BCUT2D eigenvalue weighted by atomic mass is 79.9. The van der Waals surface area contributed by atoms with Crippen LogP contribution >= 0.6 is 15.9 Å². The third kappa shape index (κ3) is 11.4. The summed E-state index contributed by atoms with van der Waals surface area (Å²) in [6.07, 6.45) is -6.87. The number of ether oxygens (including phenoxy) is 1. The number of aromatic nitrogens is 2. The molecule has 3 aromatic rings. The minimum absolute atomic E-state index is 0.0217. The van der Waals surface area contributed by atoms with Crippen molar-refractivity contribution < 1.29 is 54.5 Å². The first-order valence-electron chi connectivity index (χ1n) is 13.7. The number of fused-ring (bicyclic) bond motifs is 1. The van der Waals surface area contributed by atoms with Crippen LogP contribution in [-0.4, -0.2) is 73.3 Å². The van der Waals surface area contributed by atoms with Gasteiger partial charge in [0.15, 0.2) is 5.75 Å². The zero-order valence-electron chi connectivity index (χ0n) is 23.8. The summed E-state index contributed by atoms with van der Waals surface area (Å²) in [7, 11) is -4.21. The number of nitrogens with one attached hydrogen (secondary N) is 3. The maximum atomic E-state index is 12.8. The molecule has 46 heavy (non-hydrogen) atoms. The summed E-state index contributed by atoms with van der Waals surface area (Å²) in [5.41, 5.74) is 0.779. The van der Waals surface area contributed by atoms with Crippen molar-refractivity contribution in [2.45, 2.75) is 43.1 Å². The largest absolute Gasteiger partial charge is 0.573 e. The van der Waals surface area contributed by atoms with Crippen molar-refractivity contribution in [3.63, 3.8) is 0 Å². The molecule has 0 atom stereocenters. The second-order valence-electron chi connectivity index (χ2n) is 10.1. The smallest absolute Gasteiger partial charge is 0.475 e. The van der Waals surface area contributed by atoms with Crippen molar-refractivity contribution in [1.29, 1.82) is 0 Å². The van der Waals surface area contributed by atoms with Crippen molar-refractivity contribution in [2.75, 3.05) is 36.9 Å². The average Bonchev–Trinajstić information content (AvgIpc) is 2.97. The van der Waals surface area contributed by atoms with Crippen LogP contribution in [-0.2, 0) is 14.8 Å². The van der Waals surface area contributed by atoms with Crippen LogP contribution in [0.1, 0.15) is 25.7 Å². The summed E-state index contributed by atoms with van der Waals surface area (Å²) in [6.45, 7) is 1.11. The molecule has 1 heterocycles. The lowest BCUT2D eigenvalue weighted by Gasteiger charge is -2.28. The number of anilines is 2. The maximum Gasteiger partial charge on any atom is 0.573 e. The van der Waals surface area contributed by atoms with E-state index in [-0.39, 0.29) is 23.5 Å². The van der Waals surface area contributed by atoms with Crippen molar-refractivity contribution in [3.8, 4) is 5.75 Å². The second kappa shape index (κ2) is 15.9. The van der Waals surface area contributed by atoms with E-state index < -0.39 is 39.2 Å². The molecule has 0 amide bonds. The number of nitrogens with zero attached hydrogens (tertiary/aromatic N) is 2. The number of aliphatic carboxylic acids is 1. The van der Waals surface area contributed by atoms with E-state index in [0.29, 0.717) is 30.8 Å². The Labute approximate surface area is 267 Å². The molecule has 19 heteroatoms. The van der Waals surface area contributed by atoms with E-state index in [4.69, 9.17) is 15.0 Å². The lowest BCUT2D eigenvalue weighted by atomic mass is 9.82. The van der Waals surface area contributed by atoms with Gasteiger partial charge in [0, 0.05) is 29.5 Å². The van der Waals surface area contributed by atoms with Gasteiger partial charge in [-0.2, -0.15) is 18.2 Å². The number of carbonyl (C=O) groups is 1.